The van der Waals surface area contributed by atoms with Gasteiger partial charge in [-0.15, -0.1) is 0 Å². The summed E-state index contributed by atoms with van der Waals surface area (Å²) in [6.07, 6.45) is 47.2. The molecule has 0 fully saturated rings. The molecular weight excluding hydrogens is 1220 g/mol. The topological polar surface area (TPSA) is 237 Å². The minimum absolute atomic E-state index is 0.104. The van der Waals surface area contributed by atoms with Gasteiger partial charge in [-0.1, -0.05) is 319 Å². The van der Waals surface area contributed by atoms with Crippen molar-refractivity contribution in [1.29, 1.82) is 0 Å². The Morgan fingerprint density at radius 1 is 0.301 bits per heavy atom. The van der Waals surface area contributed by atoms with E-state index in [1.54, 1.807) is 0 Å². The fourth-order valence-corrected chi connectivity index (χ4v) is 12.7. The monoisotopic (exact) mass is 1370 g/mol. The van der Waals surface area contributed by atoms with Crippen LogP contribution in [0.4, 0.5) is 0 Å². The van der Waals surface area contributed by atoms with Gasteiger partial charge in [-0.05, 0) is 49.4 Å². The van der Waals surface area contributed by atoms with Crippen molar-refractivity contribution in [1.82, 2.24) is 0 Å². The van der Waals surface area contributed by atoms with Crippen molar-refractivity contribution in [3.8, 4) is 0 Å². The maximum Gasteiger partial charge on any atom is 0.472 e. The predicted octanol–water partition coefficient (Wildman–Crippen LogP) is 21.3. The van der Waals surface area contributed by atoms with Crippen molar-refractivity contribution in [2.24, 2.45) is 23.7 Å². The van der Waals surface area contributed by atoms with E-state index in [1.165, 1.54) is 167 Å². The average molecular weight is 1370 g/mol. The number of carbonyl (C=O) groups excluding carboxylic acids is 4. The van der Waals surface area contributed by atoms with Gasteiger partial charge >= 0.3 is 39.5 Å². The summed E-state index contributed by atoms with van der Waals surface area (Å²) in [6.45, 7) is 14.2. The summed E-state index contributed by atoms with van der Waals surface area (Å²) in [6, 6.07) is 0. The van der Waals surface area contributed by atoms with E-state index in [9.17, 15) is 43.2 Å². The van der Waals surface area contributed by atoms with Crippen molar-refractivity contribution in [2.75, 3.05) is 39.6 Å². The largest absolute Gasteiger partial charge is 0.472 e. The first-order valence-electron chi connectivity index (χ1n) is 38.3. The van der Waals surface area contributed by atoms with Crippen LogP contribution in [-0.4, -0.2) is 96.7 Å². The summed E-state index contributed by atoms with van der Waals surface area (Å²) in [5, 5.41) is 10.6. The second-order valence-corrected chi connectivity index (χ2v) is 30.8. The number of phosphoric acid groups is 2. The minimum Gasteiger partial charge on any atom is -0.462 e. The first-order valence-corrected chi connectivity index (χ1v) is 41.3. The fraction of sp³-hybridized carbons (Fsp3) is 0.946. The van der Waals surface area contributed by atoms with Gasteiger partial charge in [0.15, 0.2) is 12.2 Å². The van der Waals surface area contributed by atoms with Crippen LogP contribution in [0.5, 0.6) is 0 Å². The number of hydrogen-bond donors (Lipinski definition) is 3. The van der Waals surface area contributed by atoms with Crippen LogP contribution in [0.25, 0.3) is 0 Å². The Bertz CT molecular complexity index is 1840. The third kappa shape index (κ3) is 64.5. The maximum absolute atomic E-state index is 13.1. The molecule has 0 heterocycles. The van der Waals surface area contributed by atoms with Gasteiger partial charge in [-0.2, -0.15) is 0 Å². The number of aliphatic hydroxyl groups excluding tert-OH is 1. The Kier molecular flexibility index (Phi) is 62.2. The van der Waals surface area contributed by atoms with E-state index in [-0.39, 0.29) is 25.7 Å². The van der Waals surface area contributed by atoms with Gasteiger partial charge in [-0.3, -0.25) is 37.3 Å². The Balaban J connectivity index is 5.23. The van der Waals surface area contributed by atoms with Crippen molar-refractivity contribution in [3.05, 3.63) is 0 Å². The van der Waals surface area contributed by atoms with Crippen molar-refractivity contribution in [3.63, 3.8) is 0 Å². The van der Waals surface area contributed by atoms with E-state index in [2.05, 4.69) is 55.4 Å². The van der Waals surface area contributed by atoms with Crippen molar-refractivity contribution in [2.45, 2.75) is 388 Å². The lowest BCUT2D eigenvalue weighted by Crippen LogP contribution is -2.30. The number of phosphoric ester groups is 2. The highest BCUT2D eigenvalue weighted by Gasteiger charge is 2.30. The molecular formula is C74H144O17P2. The highest BCUT2D eigenvalue weighted by atomic mass is 31.2. The van der Waals surface area contributed by atoms with Gasteiger partial charge in [0, 0.05) is 25.7 Å². The first-order chi connectivity index (χ1) is 44.7. The Morgan fingerprint density at radius 3 is 0.763 bits per heavy atom. The molecule has 0 spiro atoms. The van der Waals surface area contributed by atoms with E-state index in [0.29, 0.717) is 25.7 Å². The third-order valence-electron chi connectivity index (χ3n) is 18.2. The number of esters is 4. The SMILES string of the molecule is CCC(C)CCCCCCCCCCC(=O)OC[C@H](COP(=O)(O)OC[C@@H](O)COP(=O)(O)OC[C@@H](COC(=O)CCCCCCCCC(C)CC)OC(=O)CCCCCCCCCCCCCCCCCCC(C)C)OC(=O)CCCCCCCCCCC(C)CC. The van der Waals surface area contributed by atoms with Crippen molar-refractivity contribution >= 4 is 39.5 Å². The summed E-state index contributed by atoms with van der Waals surface area (Å²) in [5.74, 6) is 0.961. The Hall–Kier alpha value is -1.94. The second kappa shape index (κ2) is 63.5. The molecule has 0 aliphatic carbocycles. The van der Waals surface area contributed by atoms with Gasteiger partial charge in [-0.25, -0.2) is 9.13 Å². The summed E-state index contributed by atoms with van der Waals surface area (Å²) in [5.41, 5.74) is 0. The molecule has 0 saturated carbocycles. The molecule has 0 rings (SSSR count). The van der Waals surface area contributed by atoms with Gasteiger partial charge in [0.25, 0.3) is 0 Å². The van der Waals surface area contributed by atoms with Gasteiger partial charge in [0.1, 0.15) is 19.3 Å². The predicted molar refractivity (Wildman–Crippen MR) is 377 cm³/mol. The molecule has 0 aromatic rings. The number of carbonyl (C=O) groups is 4. The molecule has 93 heavy (non-hydrogen) atoms. The molecule has 8 atom stereocenters. The standard InChI is InChI=1S/C74H144O17P2/c1-9-65(6)51-43-35-27-22-24-29-38-46-54-71(76)84-60-69(91-74(79)57-49-41-31-25-23-28-36-44-52-66(7)10-2)62-88-92(80,81)86-58-68(75)59-87-93(82,83)89-63-70(61-85-72(77)55-47-39-33-32-37-45-53-67(8)11-3)90-73(78)56-48-40-30-21-19-17-15-13-12-14-16-18-20-26-34-42-50-64(4)5/h64-70,75H,9-63H2,1-8H3,(H,80,81)(H,82,83)/t65?,66?,67?,68-,69-,70-/m1/s1. The molecule has 0 aliphatic rings. The van der Waals surface area contributed by atoms with E-state index < -0.39 is 97.5 Å². The van der Waals surface area contributed by atoms with Crippen LogP contribution < -0.4 is 0 Å². The average Bonchev–Trinajstić information content (AvgIpc) is 3.19. The normalized spacial score (nSPS) is 15.1. The van der Waals surface area contributed by atoms with E-state index in [0.717, 1.165) is 120 Å². The highest BCUT2D eigenvalue weighted by Crippen LogP contribution is 2.45. The molecule has 17 nitrogen and oxygen atoms in total. The summed E-state index contributed by atoms with van der Waals surface area (Å²) in [4.78, 5) is 72.7. The second-order valence-electron chi connectivity index (χ2n) is 27.9. The van der Waals surface area contributed by atoms with E-state index in [1.807, 2.05) is 0 Å². The molecule has 0 bridgehead atoms. The van der Waals surface area contributed by atoms with Crippen LogP contribution in [0.15, 0.2) is 0 Å². The number of rotatable bonds is 71. The van der Waals surface area contributed by atoms with Crippen LogP contribution in [0, 0.1) is 23.7 Å². The van der Waals surface area contributed by atoms with Crippen LogP contribution in [0.1, 0.15) is 370 Å². The van der Waals surface area contributed by atoms with Gasteiger partial charge in [0.2, 0.25) is 0 Å². The van der Waals surface area contributed by atoms with E-state index >= 15 is 0 Å². The molecule has 3 N–H and O–H groups in total. The van der Waals surface area contributed by atoms with Crippen LogP contribution in [-0.2, 0) is 65.4 Å². The number of unbranched alkanes of at least 4 members (excludes halogenated alkanes) is 34. The molecule has 0 aromatic carbocycles. The Morgan fingerprint density at radius 2 is 0.516 bits per heavy atom. The molecule has 0 aliphatic heterocycles. The number of hydrogen-bond acceptors (Lipinski definition) is 15. The zero-order valence-corrected chi connectivity index (χ0v) is 62.7. The fourth-order valence-electron chi connectivity index (χ4n) is 11.1. The molecule has 0 radical (unpaired) electrons. The minimum atomic E-state index is -4.96. The summed E-state index contributed by atoms with van der Waals surface area (Å²) >= 11 is 0. The zero-order chi connectivity index (χ0) is 68.9. The first kappa shape index (κ1) is 91.1. The van der Waals surface area contributed by atoms with Crippen LogP contribution in [0.2, 0.25) is 0 Å². The van der Waals surface area contributed by atoms with E-state index in [4.69, 9.17) is 37.0 Å². The van der Waals surface area contributed by atoms with Gasteiger partial charge in [0.05, 0.1) is 26.4 Å². The summed E-state index contributed by atoms with van der Waals surface area (Å²) < 4.78 is 68.4. The summed E-state index contributed by atoms with van der Waals surface area (Å²) in [7, 11) is -9.91. The highest BCUT2D eigenvalue weighted by molar-refractivity contribution is 7.47. The molecule has 0 aromatic heterocycles. The number of ether oxygens (including phenoxy) is 4. The molecule has 0 amide bonds. The van der Waals surface area contributed by atoms with Crippen LogP contribution in [0.3, 0.4) is 0 Å². The maximum atomic E-state index is 13.1. The zero-order valence-electron chi connectivity index (χ0n) is 60.9. The molecule has 0 saturated heterocycles. The number of aliphatic hydroxyl groups is 1. The lowest BCUT2D eigenvalue weighted by molar-refractivity contribution is -0.161. The van der Waals surface area contributed by atoms with Crippen molar-refractivity contribution < 1.29 is 80.2 Å². The van der Waals surface area contributed by atoms with Crippen LogP contribution >= 0.6 is 15.6 Å². The molecule has 552 valence electrons. The quantitative estimate of drug-likeness (QED) is 0.0222. The third-order valence-corrected chi connectivity index (χ3v) is 20.1. The lowest BCUT2D eigenvalue weighted by Gasteiger charge is -2.21. The smallest absolute Gasteiger partial charge is 0.462 e. The Labute approximate surface area is 568 Å². The lowest BCUT2D eigenvalue weighted by atomic mass is 9.99. The molecule has 19 heteroatoms. The molecule has 5 unspecified atom stereocenters. The van der Waals surface area contributed by atoms with Gasteiger partial charge < -0.3 is 33.8 Å².